The van der Waals surface area contributed by atoms with E-state index in [4.69, 9.17) is 0 Å². The molecule has 6 nitrogen and oxygen atoms in total. The molecule has 0 aliphatic carbocycles. The number of hydrogen-bond acceptors (Lipinski definition) is 4. The molecule has 148 valence electrons. The first-order valence-corrected chi connectivity index (χ1v) is 9.24. The Bertz CT molecular complexity index is 728. The molecule has 1 aromatic rings. The van der Waals surface area contributed by atoms with Crippen molar-refractivity contribution in [3.8, 4) is 0 Å². The molecule has 1 aliphatic rings. The smallest absolute Gasteiger partial charge is 0.337 e. The van der Waals surface area contributed by atoms with Gasteiger partial charge in [-0.1, -0.05) is 6.07 Å². The molecule has 1 unspecified atom stereocenters. The van der Waals surface area contributed by atoms with E-state index in [1.54, 1.807) is 11.9 Å². The summed E-state index contributed by atoms with van der Waals surface area (Å²) in [5.74, 6) is -0.395. The van der Waals surface area contributed by atoms with Gasteiger partial charge in [0.2, 0.25) is 15.9 Å². The van der Waals surface area contributed by atoms with E-state index in [9.17, 15) is 26.4 Å². The molecule has 0 aromatic heterocycles. The molecule has 1 aliphatic heterocycles. The fraction of sp³-hybridized carbons (Fsp3) is 0.533. The van der Waals surface area contributed by atoms with Crippen molar-refractivity contribution in [2.45, 2.75) is 30.0 Å². The van der Waals surface area contributed by atoms with Crippen LogP contribution in [0.4, 0.5) is 13.2 Å². The number of nitrogens with zero attached hydrogens (tertiary/aromatic N) is 1. The van der Waals surface area contributed by atoms with Crippen LogP contribution in [0.1, 0.15) is 18.4 Å². The lowest BCUT2D eigenvalue weighted by Gasteiger charge is -2.24. The number of hydrogen-bond donors (Lipinski definition) is 2. The molecule has 0 spiro atoms. The Morgan fingerprint density at radius 1 is 1.35 bits per heavy atom. The first-order valence-electron chi connectivity index (χ1n) is 7.76. The number of likely N-dealkylation sites (N-methyl/N-ethyl adjacent to an activating group) is 1. The Morgan fingerprint density at radius 3 is 2.65 bits per heavy atom. The van der Waals surface area contributed by atoms with E-state index in [1.807, 2.05) is 0 Å². The van der Waals surface area contributed by atoms with Crippen LogP contribution in [-0.2, 0) is 21.0 Å². The fourth-order valence-electron chi connectivity index (χ4n) is 2.79. The molecule has 1 atom stereocenters. The molecular weight excluding hydrogens is 395 g/mol. The highest BCUT2D eigenvalue weighted by Gasteiger charge is 2.32. The van der Waals surface area contributed by atoms with Gasteiger partial charge in [0, 0.05) is 19.1 Å². The Labute approximate surface area is 156 Å². The van der Waals surface area contributed by atoms with E-state index in [2.05, 4.69) is 10.0 Å². The van der Waals surface area contributed by atoms with Crippen molar-refractivity contribution in [3.05, 3.63) is 29.8 Å². The summed E-state index contributed by atoms with van der Waals surface area (Å²) in [6.45, 7) is 0.654. The van der Waals surface area contributed by atoms with Crippen molar-refractivity contribution in [2.24, 2.45) is 0 Å². The zero-order chi connectivity index (χ0) is 18.7. The lowest BCUT2D eigenvalue weighted by molar-refractivity contribution is -0.137. The fourth-order valence-corrected chi connectivity index (χ4v) is 3.81. The van der Waals surface area contributed by atoms with Gasteiger partial charge in [0.25, 0.3) is 0 Å². The Balaban J connectivity index is 0.00000338. The molecule has 1 saturated heterocycles. The van der Waals surface area contributed by atoms with Gasteiger partial charge in [0.05, 0.1) is 17.0 Å². The number of rotatable bonds is 6. The van der Waals surface area contributed by atoms with Crippen LogP contribution in [0.3, 0.4) is 0 Å². The molecule has 0 saturated carbocycles. The maximum absolute atomic E-state index is 12.7. The largest absolute Gasteiger partial charge is 0.416 e. The summed E-state index contributed by atoms with van der Waals surface area (Å²) in [5.41, 5.74) is -1.06. The summed E-state index contributed by atoms with van der Waals surface area (Å²) < 4.78 is 64.6. The average Bonchev–Trinajstić information content (AvgIpc) is 3.01. The molecule has 11 heteroatoms. The van der Waals surface area contributed by atoms with E-state index in [1.165, 1.54) is 0 Å². The van der Waals surface area contributed by atoms with E-state index in [0.717, 1.165) is 31.0 Å². The molecular formula is C15H21ClF3N3O3S. The second-order valence-corrected chi connectivity index (χ2v) is 7.56. The number of alkyl halides is 3. The molecule has 2 rings (SSSR count). The predicted molar refractivity (Wildman–Crippen MR) is 92.5 cm³/mol. The number of nitrogens with one attached hydrogen (secondary N) is 2. The van der Waals surface area contributed by atoms with Crippen molar-refractivity contribution in [1.29, 1.82) is 0 Å². The quantitative estimate of drug-likeness (QED) is 0.740. The van der Waals surface area contributed by atoms with Crippen LogP contribution in [0.2, 0.25) is 0 Å². The minimum atomic E-state index is -4.64. The minimum Gasteiger partial charge on any atom is -0.337 e. The third kappa shape index (κ3) is 5.57. The third-order valence-corrected chi connectivity index (χ3v) is 5.42. The normalized spacial score (nSPS) is 17.8. The van der Waals surface area contributed by atoms with Crippen LogP contribution in [0, 0.1) is 0 Å². The number of carbonyl (C=O) groups excluding carboxylic acids is 1. The highest BCUT2D eigenvalue weighted by molar-refractivity contribution is 7.89. The Morgan fingerprint density at radius 2 is 2.04 bits per heavy atom. The highest BCUT2D eigenvalue weighted by Crippen LogP contribution is 2.30. The topological polar surface area (TPSA) is 78.5 Å². The lowest BCUT2D eigenvalue weighted by Crippen LogP contribution is -2.45. The molecule has 26 heavy (non-hydrogen) atoms. The second kappa shape index (κ2) is 9.03. The number of sulfonamides is 1. The number of halogens is 4. The van der Waals surface area contributed by atoms with E-state index < -0.39 is 39.1 Å². The average molecular weight is 416 g/mol. The van der Waals surface area contributed by atoms with Gasteiger partial charge in [-0.25, -0.2) is 13.1 Å². The van der Waals surface area contributed by atoms with Crippen molar-refractivity contribution in [1.82, 2.24) is 14.9 Å². The Kier molecular flexibility index (Phi) is 7.87. The van der Waals surface area contributed by atoms with Crippen LogP contribution >= 0.6 is 12.4 Å². The van der Waals surface area contributed by atoms with Crippen molar-refractivity contribution in [3.63, 3.8) is 0 Å². The third-order valence-electron chi connectivity index (χ3n) is 4.02. The maximum atomic E-state index is 12.7. The molecule has 0 bridgehead atoms. The molecule has 1 aromatic carbocycles. The van der Waals surface area contributed by atoms with Gasteiger partial charge in [-0.15, -0.1) is 12.4 Å². The first-order chi connectivity index (χ1) is 11.6. The highest BCUT2D eigenvalue weighted by atomic mass is 35.5. The van der Waals surface area contributed by atoms with Gasteiger partial charge in [-0.05, 0) is 38.1 Å². The van der Waals surface area contributed by atoms with E-state index in [0.29, 0.717) is 19.2 Å². The van der Waals surface area contributed by atoms with Crippen LogP contribution in [0.25, 0.3) is 0 Å². The zero-order valence-corrected chi connectivity index (χ0v) is 15.7. The predicted octanol–water partition coefficient (Wildman–Crippen LogP) is 1.62. The van der Waals surface area contributed by atoms with Gasteiger partial charge in [0.1, 0.15) is 0 Å². The van der Waals surface area contributed by atoms with E-state index in [-0.39, 0.29) is 18.4 Å². The summed E-state index contributed by atoms with van der Waals surface area (Å²) in [4.78, 5) is 13.3. The van der Waals surface area contributed by atoms with Crippen LogP contribution in [0.15, 0.2) is 29.2 Å². The Hall–Kier alpha value is -1.36. The zero-order valence-electron chi connectivity index (χ0n) is 14.0. The van der Waals surface area contributed by atoms with Crippen molar-refractivity contribution in [2.75, 3.05) is 26.7 Å². The second-order valence-electron chi connectivity index (χ2n) is 5.79. The number of carbonyl (C=O) groups is 1. The summed E-state index contributed by atoms with van der Waals surface area (Å²) in [5, 5.41) is 2.97. The minimum absolute atomic E-state index is 0. The van der Waals surface area contributed by atoms with E-state index >= 15 is 0 Å². The molecule has 1 amide bonds. The molecule has 2 N–H and O–H groups in total. The summed E-state index contributed by atoms with van der Waals surface area (Å²) in [6.07, 6.45) is -2.98. The molecule has 1 fully saturated rings. The van der Waals surface area contributed by atoms with Gasteiger partial charge in [-0.2, -0.15) is 13.2 Å². The number of benzene rings is 1. The molecule has 1 heterocycles. The number of amides is 1. The monoisotopic (exact) mass is 415 g/mol. The van der Waals surface area contributed by atoms with Crippen LogP contribution in [0.5, 0.6) is 0 Å². The van der Waals surface area contributed by atoms with Crippen LogP contribution < -0.4 is 10.0 Å². The lowest BCUT2D eigenvalue weighted by atomic mass is 10.2. The van der Waals surface area contributed by atoms with Gasteiger partial charge < -0.3 is 10.2 Å². The van der Waals surface area contributed by atoms with Gasteiger partial charge in [0.15, 0.2) is 0 Å². The summed E-state index contributed by atoms with van der Waals surface area (Å²) >= 11 is 0. The number of likely N-dealkylation sites (tertiary alicyclic amines) is 1. The van der Waals surface area contributed by atoms with Crippen molar-refractivity contribution >= 4 is 28.3 Å². The summed E-state index contributed by atoms with van der Waals surface area (Å²) in [7, 11) is -2.45. The maximum Gasteiger partial charge on any atom is 0.416 e. The first kappa shape index (κ1) is 22.7. The standard InChI is InChI=1S/C15H20F3N3O3S.ClH/c1-19-9-12-5-3-7-21(12)14(22)10-20-25(23,24)13-6-2-4-11(8-13)15(16,17)18;/h2,4,6,8,12,19-20H,3,5,7,9-10H2,1H3;1H. The van der Waals surface area contributed by atoms with Crippen molar-refractivity contribution < 1.29 is 26.4 Å². The summed E-state index contributed by atoms with van der Waals surface area (Å²) in [6, 6.07) is 3.41. The van der Waals surface area contributed by atoms with Gasteiger partial charge in [-0.3, -0.25) is 4.79 Å². The van der Waals surface area contributed by atoms with Gasteiger partial charge >= 0.3 is 6.18 Å². The van der Waals surface area contributed by atoms with Crippen LogP contribution in [-0.4, -0.2) is 51.9 Å². The SMILES string of the molecule is CNCC1CCCN1C(=O)CNS(=O)(=O)c1cccc(C(F)(F)F)c1.Cl. The molecule has 0 radical (unpaired) electrons.